The summed E-state index contributed by atoms with van der Waals surface area (Å²) in [5.74, 6) is -0.0428. The van der Waals surface area contributed by atoms with Gasteiger partial charge in [0.1, 0.15) is 48.0 Å². The quantitative estimate of drug-likeness (QED) is 0.0822. The Bertz CT molecular complexity index is 3720. The van der Waals surface area contributed by atoms with E-state index in [1.807, 2.05) is 83.5 Å². The highest BCUT2D eigenvalue weighted by molar-refractivity contribution is 7.13. The number of amides is 3. The Labute approximate surface area is 511 Å². The molecule has 6 aliphatic rings. The average Bonchev–Trinajstić information content (AvgIpc) is 1.81. The molecule has 0 spiro atoms. The predicted molar refractivity (Wildman–Crippen MR) is 333 cm³/mol. The number of likely N-dealkylation sites (tertiary alicyclic amines) is 1. The SMILES string of the molecule is CCc1cccc2cc(O)cc(-c3ncc4c(N5CC6CCC(C5)N6)nc(OC[C@]56CCCN5[C@H](COC(=O)N5C[C@H](C)N(c7cc([C@H](C(=O)N8CCC[C@H]8C(=O)N[C@@H](C)c8ccc(-c9scnc9C)cc8)C(C)C)on7)C[C@H]5C)CC6)nc4c3F)c12. The molecular formula is C66H79FN12O7S. The number of nitrogens with one attached hydrogen (secondary N) is 2. The number of carbonyl (C=O) groups excluding carboxylic acids is 3. The van der Waals surface area contributed by atoms with Crippen LogP contribution in [0.15, 0.2) is 76.9 Å². The second kappa shape index (κ2) is 23.9. The number of fused-ring (bicyclic) bond motifs is 5. The number of phenols is 1. The lowest BCUT2D eigenvalue weighted by molar-refractivity contribution is -0.141. The number of phenolic OH excluding ortho intramolecular Hbond substituents is 1. The molecule has 3 amide bonds. The summed E-state index contributed by atoms with van der Waals surface area (Å²) in [6, 6.07) is 18.7. The van der Waals surface area contributed by atoms with Crippen LogP contribution >= 0.6 is 11.3 Å². The van der Waals surface area contributed by atoms with E-state index in [1.165, 1.54) is 0 Å². The highest BCUT2D eigenvalue weighted by Crippen LogP contribution is 2.45. The molecule has 6 aliphatic heterocycles. The van der Waals surface area contributed by atoms with Gasteiger partial charge in [-0.15, -0.1) is 11.3 Å². The van der Waals surface area contributed by atoms with Crippen LogP contribution in [0.1, 0.15) is 127 Å². The number of aryl methyl sites for hydroxylation is 2. The summed E-state index contributed by atoms with van der Waals surface area (Å²) >= 11 is 1.60. The molecule has 21 heteroatoms. The fraction of sp³-hybridized carbons (Fsp3) is 0.515. The number of ether oxygens (including phenoxy) is 2. The summed E-state index contributed by atoms with van der Waals surface area (Å²) in [6.45, 7) is 18.2. The number of halogens is 1. The van der Waals surface area contributed by atoms with Gasteiger partial charge in [-0.3, -0.25) is 19.5 Å². The van der Waals surface area contributed by atoms with Gasteiger partial charge in [-0.05, 0) is 138 Å². The number of anilines is 2. The molecule has 3 N–H and O–H groups in total. The van der Waals surface area contributed by atoms with Gasteiger partial charge in [0.2, 0.25) is 11.8 Å². The monoisotopic (exact) mass is 1200 g/mol. The molecular weight excluding hydrogens is 1120 g/mol. The van der Waals surface area contributed by atoms with Gasteiger partial charge in [-0.1, -0.05) is 68.4 Å². The van der Waals surface area contributed by atoms with Crippen molar-refractivity contribution in [2.24, 2.45) is 5.92 Å². The zero-order valence-electron chi connectivity index (χ0n) is 50.8. The maximum atomic E-state index is 17.4. The van der Waals surface area contributed by atoms with Gasteiger partial charge in [0, 0.05) is 80.8 Å². The van der Waals surface area contributed by atoms with E-state index < -0.39 is 17.8 Å². The van der Waals surface area contributed by atoms with Gasteiger partial charge in [-0.25, -0.2) is 14.2 Å². The highest BCUT2D eigenvalue weighted by Gasteiger charge is 2.51. The average molecular weight is 1200 g/mol. The molecule has 2 bridgehead atoms. The lowest BCUT2D eigenvalue weighted by atomic mass is 9.91. The van der Waals surface area contributed by atoms with Crippen LogP contribution in [-0.4, -0.2) is 157 Å². The third kappa shape index (κ3) is 11.1. The Balaban J connectivity index is 0.647. The molecule has 10 heterocycles. The molecule has 87 heavy (non-hydrogen) atoms. The summed E-state index contributed by atoms with van der Waals surface area (Å²) < 4.78 is 36.3. The number of aromatic hydroxyl groups is 1. The summed E-state index contributed by atoms with van der Waals surface area (Å²) in [6.07, 6.45) is 8.93. The minimum absolute atomic E-state index is 0.0174. The first kappa shape index (κ1) is 58.5. The van der Waals surface area contributed by atoms with Gasteiger partial charge in [-0.2, -0.15) is 9.97 Å². The summed E-state index contributed by atoms with van der Waals surface area (Å²) in [5.41, 5.74) is 6.32. The van der Waals surface area contributed by atoms with Crippen molar-refractivity contribution in [1.29, 1.82) is 0 Å². The van der Waals surface area contributed by atoms with Gasteiger partial charge in [0.25, 0.3) is 0 Å². The van der Waals surface area contributed by atoms with Gasteiger partial charge >= 0.3 is 12.1 Å². The van der Waals surface area contributed by atoms with Crippen molar-refractivity contribution < 1.29 is 37.9 Å². The number of rotatable bonds is 16. The predicted octanol–water partition coefficient (Wildman–Crippen LogP) is 10.3. The van der Waals surface area contributed by atoms with Crippen molar-refractivity contribution in [3.8, 4) is 33.5 Å². The molecule has 2 unspecified atom stereocenters. The molecule has 6 fully saturated rings. The molecule has 6 saturated heterocycles. The second-order valence-corrected chi connectivity index (χ2v) is 26.5. The molecule has 0 aliphatic carbocycles. The molecule has 7 aromatic rings. The van der Waals surface area contributed by atoms with Crippen LogP contribution in [0.4, 0.5) is 20.8 Å². The number of hydrogen-bond donors (Lipinski definition) is 3. The second-order valence-electron chi connectivity index (χ2n) is 25.6. The molecule has 3 aromatic carbocycles. The Kier molecular flexibility index (Phi) is 16.1. The molecule has 0 saturated carbocycles. The Morgan fingerprint density at radius 1 is 0.920 bits per heavy atom. The number of nitrogens with zero attached hydrogens (tertiary/aromatic N) is 10. The van der Waals surface area contributed by atoms with Crippen molar-refractivity contribution in [1.82, 2.24) is 50.4 Å². The molecule has 13 rings (SSSR count). The maximum Gasteiger partial charge on any atom is 0.410 e. The zero-order chi connectivity index (χ0) is 60.4. The van der Waals surface area contributed by atoms with Crippen LogP contribution in [-0.2, 0) is 20.7 Å². The zero-order valence-corrected chi connectivity index (χ0v) is 51.6. The normalized spacial score (nSPS) is 24.6. The largest absolute Gasteiger partial charge is 0.508 e. The first-order valence-corrected chi connectivity index (χ1v) is 32.2. The Hall–Kier alpha value is -7.49. The summed E-state index contributed by atoms with van der Waals surface area (Å²) in [5, 5.41) is 24.4. The smallest absolute Gasteiger partial charge is 0.410 e. The third-order valence-corrected chi connectivity index (χ3v) is 20.6. The minimum Gasteiger partial charge on any atom is -0.508 e. The van der Waals surface area contributed by atoms with E-state index >= 15 is 4.39 Å². The number of hydrogen-bond acceptors (Lipinski definition) is 17. The van der Waals surface area contributed by atoms with Crippen LogP contribution in [0.2, 0.25) is 0 Å². The number of carbonyl (C=O) groups is 3. The van der Waals surface area contributed by atoms with Crippen LogP contribution in [0.5, 0.6) is 11.8 Å². The lowest BCUT2D eigenvalue weighted by Gasteiger charge is -2.43. The van der Waals surface area contributed by atoms with E-state index in [9.17, 15) is 19.5 Å². The van der Waals surface area contributed by atoms with E-state index in [0.717, 1.165) is 109 Å². The molecule has 19 nitrogen and oxygen atoms in total. The van der Waals surface area contributed by atoms with E-state index in [0.29, 0.717) is 73.1 Å². The van der Waals surface area contributed by atoms with Gasteiger partial charge in [0.05, 0.1) is 33.0 Å². The molecule has 0 radical (unpaired) electrons. The number of piperazine rings is 2. The van der Waals surface area contributed by atoms with Crippen LogP contribution < -0.4 is 25.2 Å². The van der Waals surface area contributed by atoms with E-state index in [-0.39, 0.29) is 83.1 Å². The molecule has 9 atom stereocenters. The lowest BCUT2D eigenvalue weighted by Crippen LogP contribution is -2.58. The van der Waals surface area contributed by atoms with Crippen LogP contribution in [0.3, 0.4) is 0 Å². The topological polar surface area (TPSA) is 208 Å². The van der Waals surface area contributed by atoms with Crippen molar-refractivity contribution in [2.45, 2.75) is 160 Å². The fourth-order valence-corrected chi connectivity index (χ4v) is 15.9. The third-order valence-electron chi connectivity index (χ3n) is 19.6. The van der Waals surface area contributed by atoms with E-state index in [2.05, 4.69) is 54.5 Å². The first-order chi connectivity index (χ1) is 42.0. The fourth-order valence-electron chi connectivity index (χ4n) is 15.1. The van der Waals surface area contributed by atoms with Crippen molar-refractivity contribution in [3.63, 3.8) is 0 Å². The summed E-state index contributed by atoms with van der Waals surface area (Å²) in [4.78, 5) is 73.0. The number of pyridine rings is 1. The number of benzene rings is 3. The van der Waals surface area contributed by atoms with Crippen molar-refractivity contribution in [3.05, 3.63) is 101 Å². The minimum atomic E-state index is -0.651. The maximum absolute atomic E-state index is 17.4. The van der Waals surface area contributed by atoms with Crippen LogP contribution in [0, 0.1) is 18.7 Å². The standard InChI is InChI=1S/C66H79FN12O7S/c1-8-42-12-9-13-45-26-49(80)27-50(56(42)45)58-57(67)59-51(29-68-58)61(75-32-46-19-20-47(33-75)71-46)73-64(72-59)85-35-66-22-11-25-79(66)48(21-23-66)34-84-65(83)78-31-38(4)77(30-39(78)5)54-28-53(86-74-54)55(37(2)3)63(82)76-24-10-14-52(76)62(81)70-40(6)43-15-17-44(18-16-43)60-41(7)69-36-87-60/h9,12-13,15-18,26-29,36-40,46-48,52,55,71,80H,8,10-11,14,19-25,30-35H2,1-7H3,(H,70,81)/t38-,39+,40-,46?,47?,48-,52-,55+,66+/m0/s1. The van der Waals surface area contributed by atoms with E-state index in [1.54, 1.807) is 39.5 Å². The van der Waals surface area contributed by atoms with Gasteiger partial charge in [0.15, 0.2) is 17.4 Å². The van der Waals surface area contributed by atoms with Gasteiger partial charge < -0.3 is 49.3 Å². The number of thiazole rings is 1. The van der Waals surface area contributed by atoms with Crippen molar-refractivity contribution in [2.75, 3.05) is 62.3 Å². The van der Waals surface area contributed by atoms with E-state index in [4.69, 9.17) is 28.9 Å². The summed E-state index contributed by atoms with van der Waals surface area (Å²) in [7, 11) is 0. The first-order valence-electron chi connectivity index (χ1n) is 31.3. The van der Waals surface area contributed by atoms with Crippen molar-refractivity contribution >= 4 is 62.6 Å². The number of aromatic nitrogens is 5. The molecule has 458 valence electrons. The van der Waals surface area contributed by atoms with Crippen LogP contribution in [0.25, 0.3) is 43.4 Å². The highest BCUT2D eigenvalue weighted by atomic mass is 32.1. The molecule has 4 aromatic heterocycles. The Morgan fingerprint density at radius 2 is 1.72 bits per heavy atom. The Morgan fingerprint density at radius 3 is 2.48 bits per heavy atom.